The van der Waals surface area contributed by atoms with Gasteiger partial charge in [-0.15, -0.1) is 0 Å². The van der Waals surface area contributed by atoms with E-state index in [0.717, 1.165) is 17.3 Å². The molecule has 2 N–H and O–H groups in total. The van der Waals surface area contributed by atoms with E-state index in [-0.39, 0.29) is 5.52 Å². The normalized spacial score (nSPS) is 10.9. The number of hydrogen-bond acceptors (Lipinski definition) is 2. The minimum atomic E-state index is -1.03. The van der Waals surface area contributed by atoms with Gasteiger partial charge >= 0.3 is 0 Å². The molecule has 5 heteroatoms. The van der Waals surface area contributed by atoms with Crippen LogP contribution in [0.15, 0.2) is 47.3 Å². The van der Waals surface area contributed by atoms with Crippen LogP contribution >= 0.6 is 0 Å². The van der Waals surface area contributed by atoms with Crippen LogP contribution in [0.25, 0.3) is 10.9 Å². The number of hydrogen-bond donors (Lipinski definition) is 2. The SMILES string of the molecule is Cc1ccccc1NCc1cc(=O)[nH]c2c(F)c(F)ccc12. The van der Waals surface area contributed by atoms with Crippen molar-refractivity contribution < 1.29 is 8.78 Å². The molecule has 3 nitrogen and oxygen atoms in total. The molecule has 0 fully saturated rings. The minimum Gasteiger partial charge on any atom is -0.381 e. The van der Waals surface area contributed by atoms with Crippen LogP contribution in [0.4, 0.5) is 14.5 Å². The topological polar surface area (TPSA) is 44.9 Å². The summed E-state index contributed by atoms with van der Waals surface area (Å²) in [6.07, 6.45) is 0. The van der Waals surface area contributed by atoms with Crippen molar-refractivity contribution in [3.63, 3.8) is 0 Å². The molecule has 1 heterocycles. The van der Waals surface area contributed by atoms with Gasteiger partial charge in [-0.1, -0.05) is 18.2 Å². The Morgan fingerprint density at radius 3 is 2.68 bits per heavy atom. The van der Waals surface area contributed by atoms with E-state index >= 15 is 0 Å². The molecule has 2 aromatic carbocycles. The van der Waals surface area contributed by atoms with Crippen molar-refractivity contribution in [2.75, 3.05) is 5.32 Å². The summed E-state index contributed by atoms with van der Waals surface area (Å²) in [5, 5.41) is 3.70. The maximum Gasteiger partial charge on any atom is 0.248 e. The maximum atomic E-state index is 13.8. The molecule has 0 aliphatic rings. The van der Waals surface area contributed by atoms with Crippen LogP contribution in [0.2, 0.25) is 0 Å². The van der Waals surface area contributed by atoms with Gasteiger partial charge in [0.05, 0.1) is 5.52 Å². The summed E-state index contributed by atoms with van der Waals surface area (Å²) < 4.78 is 27.1. The number of fused-ring (bicyclic) bond motifs is 1. The zero-order chi connectivity index (χ0) is 15.7. The van der Waals surface area contributed by atoms with Crippen molar-refractivity contribution in [1.82, 2.24) is 4.98 Å². The van der Waals surface area contributed by atoms with Gasteiger partial charge in [-0.05, 0) is 36.2 Å². The number of aryl methyl sites for hydroxylation is 1. The summed E-state index contributed by atoms with van der Waals surface area (Å²) in [6.45, 7) is 2.31. The van der Waals surface area contributed by atoms with Gasteiger partial charge in [0.1, 0.15) is 0 Å². The molecule has 0 bridgehead atoms. The smallest absolute Gasteiger partial charge is 0.248 e. The predicted octanol–water partition coefficient (Wildman–Crippen LogP) is 3.73. The van der Waals surface area contributed by atoms with Gasteiger partial charge < -0.3 is 10.3 Å². The summed E-state index contributed by atoms with van der Waals surface area (Å²) in [5.41, 5.74) is 2.04. The highest BCUT2D eigenvalue weighted by atomic mass is 19.2. The number of aromatic nitrogens is 1. The molecule has 0 saturated carbocycles. The maximum absolute atomic E-state index is 13.8. The molecule has 0 atom stereocenters. The van der Waals surface area contributed by atoms with Gasteiger partial charge in [-0.25, -0.2) is 8.78 Å². The second kappa shape index (κ2) is 5.60. The number of halogens is 2. The first-order valence-electron chi connectivity index (χ1n) is 6.85. The van der Waals surface area contributed by atoms with Crippen molar-refractivity contribution in [2.45, 2.75) is 13.5 Å². The summed E-state index contributed by atoms with van der Waals surface area (Å²) >= 11 is 0. The number of para-hydroxylation sites is 1. The minimum absolute atomic E-state index is 0.103. The fraction of sp³-hybridized carbons (Fsp3) is 0.118. The van der Waals surface area contributed by atoms with E-state index in [1.807, 2.05) is 31.2 Å². The lowest BCUT2D eigenvalue weighted by Crippen LogP contribution is -2.11. The van der Waals surface area contributed by atoms with Crippen LogP contribution in [0.5, 0.6) is 0 Å². The number of nitrogens with one attached hydrogen (secondary N) is 2. The molecule has 0 radical (unpaired) electrons. The molecule has 0 aliphatic carbocycles. The molecular formula is C17H14F2N2O. The predicted molar refractivity (Wildman–Crippen MR) is 83.0 cm³/mol. The Morgan fingerprint density at radius 2 is 1.91 bits per heavy atom. The largest absolute Gasteiger partial charge is 0.381 e. The van der Waals surface area contributed by atoms with Gasteiger partial charge in [-0.3, -0.25) is 4.79 Å². The first-order valence-corrected chi connectivity index (χ1v) is 6.85. The van der Waals surface area contributed by atoms with Gasteiger partial charge in [0, 0.05) is 23.7 Å². The van der Waals surface area contributed by atoms with Gasteiger partial charge in [0.2, 0.25) is 5.56 Å². The monoisotopic (exact) mass is 300 g/mol. The second-order valence-electron chi connectivity index (χ2n) is 5.11. The third-order valence-electron chi connectivity index (χ3n) is 3.61. The highest BCUT2D eigenvalue weighted by molar-refractivity contribution is 5.82. The Hall–Kier alpha value is -2.69. The fourth-order valence-corrected chi connectivity index (χ4v) is 2.44. The molecule has 0 aliphatic heterocycles. The van der Waals surface area contributed by atoms with E-state index in [1.165, 1.54) is 12.1 Å². The molecule has 3 aromatic rings. The number of benzene rings is 2. The number of rotatable bonds is 3. The lowest BCUT2D eigenvalue weighted by molar-refractivity contribution is 0.515. The van der Waals surface area contributed by atoms with E-state index < -0.39 is 17.2 Å². The molecule has 0 spiro atoms. The van der Waals surface area contributed by atoms with Crippen LogP contribution in [0, 0.1) is 18.6 Å². The Kier molecular flexibility index (Phi) is 3.63. The van der Waals surface area contributed by atoms with Crippen molar-refractivity contribution >= 4 is 16.6 Å². The Balaban J connectivity index is 2.02. The van der Waals surface area contributed by atoms with E-state index in [2.05, 4.69) is 10.3 Å². The quantitative estimate of drug-likeness (QED) is 0.774. The number of pyridine rings is 1. The van der Waals surface area contributed by atoms with Crippen molar-refractivity contribution in [3.05, 3.63) is 75.6 Å². The summed E-state index contributed by atoms with van der Waals surface area (Å²) in [7, 11) is 0. The molecule has 22 heavy (non-hydrogen) atoms. The lowest BCUT2D eigenvalue weighted by Gasteiger charge is -2.11. The molecule has 0 unspecified atom stereocenters. The number of anilines is 1. The lowest BCUT2D eigenvalue weighted by atomic mass is 10.1. The van der Waals surface area contributed by atoms with Crippen LogP contribution in [-0.4, -0.2) is 4.98 Å². The van der Waals surface area contributed by atoms with Crippen LogP contribution < -0.4 is 10.9 Å². The highest BCUT2D eigenvalue weighted by Crippen LogP contribution is 2.22. The summed E-state index contributed by atoms with van der Waals surface area (Å²) in [6, 6.07) is 11.6. The standard InChI is InChI=1S/C17H14F2N2O/c1-10-4-2-3-5-14(10)20-9-11-8-15(22)21-17-12(11)6-7-13(18)16(17)19/h2-8,20H,9H2,1H3,(H,21,22). The van der Waals surface area contributed by atoms with E-state index in [9.17, 15) is 13.6 Å². The van der Waals surface area contributed by atoms with E-state index in [0.29, 0.717) is 17.5 Å². The van der Waals surface area contributed by atoms with Crippen molar-refractivity contribution in [3.8, 4) is 0 Å². The Labute approximate surface area is 125 Å². The zero-order valence-electron chi connectivity index (χ0n) is 11.9. The Bertz CT molecular complexity index is 903. The van der Waals surface area contributed by atoms with Crippen LogP contribution in [0.1, 0.15) is 11.1 Å². The average molecular weight is 300 g/mol. The molecule has 3 rings (SSSR count). The first-order chi connectivity index (χ1) is 10.6. The molecule has 1 aromatic heterocycles. The Morgan fingerprint density at radius 1 is 1.14 bits per heavy atom. The van der Waals surface area contributed by atoms with E-state index in [4.69, 9.17) is 0 Å². The molecular weight excluding hydrogens is 286 g/mol. The summed E-state index contributed by atoms with van der Waals surface area (Å²) in [5.74, 6) is -2.01. The molecule has 0 saturated heterocycles. The van der Waals surface area contributed by atoms with Crippen molar-refractivity contribution in [2.24, 2.45) is 0 Å². The zero-order valence-corrected chi connectivity index (χ0v) is 11.9. The second-order valence-corrected chi connectivity index (χ2v) is 5.11. The third kappa shape index (κ3) is 2.57. The number of aromatic amines is 1. The van der Waals surface area contributed by atoms with Crippen LogP contribution in [-0.2, 0) is 6.54 Å². The highest BCUT2D eigenvalue weighted by Gasteiger charge is 2.11. The first kappa shape index (κ1) is 14.3. The molecule has 0 amide bonds. The number of H-pyrrole nitrogens is 1. The summed E-state index contributed by atoms with van der Waals surface area (Å²) in [4.78, 5) is 14.0. The molecule has 112 valence electrons. The van der Waals surface area contributed by atoms with Crippen molar-refractivity contribution in [1.29, 1.82) is 0 Å². The third-order valence-corrected chi connectivity index (χ3v) is 3.61. The van der Waals surface area contributed by atoms with Crippen LogP contribution in [0.3, 0.4) is 0 Å². The van der Waals surface area contributed by atoms with Gasteiger partial charge in [-0.2, -0.15) is 0 Å². The fourth-order valence-electron chi connectivity index (χ4n) is 2.44. The van der Waals surface area contributed by atoms with Gasteiger partial charge in [0.15, 0.2) is 11.6 Å². The van der Waals surface area contributed by atoms with Gasteiger partial charge in [0.25, 0.3) is 0 Å². The average Bonchev–Trinajstić information content (AvgIpc) is 2.50. The van der Waals surface area contributed by atoms with E-state index in [1.54, 1.807) is 0 Å².